The summed E-state index contributed by atoms with van der Waals surface area (Å²) >= 11 is 0. The molecule has 0 spiro atoms. The number of urea groups is 1. The van der Waals surface area contributed by atoms with Crippen molar-refractivity contribution in [2.75, 3.05) is 13.6 Å². The summed E-state index contributed by atoms with van der Waals surface area (Å²) < 4.78 is 0. The molecule has 1 aliphatic heterocycles. The van der Waals surface area contributed by atoms with Crippen LogP contribution in [0.3, 0.4) is 0 Å². The highest BCUT2D eigenvalue weighted by Crippen LogP contribution is 2.19. The van der Waals surface area contributed by atoms with Crippen molar-refractivity contribution in [3.05, 3.63) is 71.3 Å². The fourth-order valence-corrected chi connectivity index (χ4v) is 3.39. The van der Waals surface area contributed by atoms with Gasteiger partial charge in [0.25, 0.3) is 0 Å². The molecule has 1 N–H and O–H groups in total. The normalized spacial score (nSPS) is 14.9. The third-order valence-corrected chi connectivity index (χ3v) is 5.26. The van der Waals surface area contributed by atoms with Crippen LogP contribution in [-0.4, -0.2) is 35.3 Å². The summed E-state index contributed by atoms with van der Waals surface area (Å²) in [5.74, 6) is 0.213. The van der Waals surface area contributed by atoms with Crippen LogP contribution in [0.15, 0.2) is 54.6 Å². The van der Waals surface area contributed by atoms with Crippen LogP contribution < -0.4 is 5.32 Å². The first-order chi connectivity index (χ1) is 13.1. The number of hydrogen-bond donors (Lipinski definition) is 1. The third-order valence-electron chi connectivity index (χ3n) is 5.26. The molecule has 1 heterocycles. The maximum absolute atomic E-state index is 12.6. The van der Waals surface area contributed by atoms with Crippen molar-refractivity contribution in [1.29, 1.82) is 0 Å². The van der Waals surface area contributed by atoms with Crippen molar-refractivity contribution in [2.45, 2.75) is 38.9 Å². The van der Waals surface area contributed by atoms with Crippen LogP contribution in [0.1, 0.15) is 42.5 Å². The van der Waals surface area contributed by atoms with Gasteiger partial charge in [-0.3, -0.25) is 4.79 Å². The molecule has 5 heteroatoms. The zero-order chi connectivity index (χ0) is 19.2. The molecule has 2 aromatic rings. The molecular formula is C22H27N3O2. The molecule has 0 aliphatic carbocycles. The Morgan fingerprint density at radius 2 is 1.78 bits per heavy atom. The van der Waals surface area contributed by atoms with Crippen molar-refractivity contribution < 1.29 is 9.59 Å². The monoisotopic (exact) mass is 365 g/mol. The van der Waals surface area contributed by atoms with Gasteiger partial charge in [0.2, 0.25) is 5.91 Å². The number of amides is 3. The highest BCUT2D eigenvalue weighted by molar-refractivity contribution is 5.78. The van der Waals surface area contributed by atoms with Crippen LogP contribution in [-0.2, 0) is 17.9 Å². The predicted molar refractivity (Wildman–Crippen MR) is 106 cm³/mol. The van der Waals surface area contributed by atoms with Crippen LogP contribution in [0.2, 0.25) is 0 Å². The molecule has 3 amide bonds. The molecule has 5 nitrogen and oxygen atoms in total. The van der Waals surface area contributed by atoms with Gasteiger partial charge >= 0.3 is 6.03 Å². The number of rotatable bonds is 6. The largest absolute Gasteiger partial charge is 0.338 e. The van der Waals surface area contributed by atoms with Gasteiger partial charge in [0.1, 0.15) is 0 Å². The number of nitrogens with one attached hydrogen (secondary N) is 1. The smallest absolute Gasteiger partial charge is 0.317 e. The van der Waals surface area contributed by atoms with Crippen molar-refractivity contribution in [3.8, 4) is 0 Å². The van der Waals surface area contributed by atoms with Gasteiger partial charge in [-0.1, -0.05) is 54.6 Å². The third kappa shape index (κ3) is 4.67. The minimum atomic E-state index is -0.113. The molecule has 1 fully saturated rings. The SMILES string of the molecule is CC(c1ccccc1)N(C)C(=O)NCc1ccccc1CN1CCCC1=O. The quantitative estimate of drug-likeness (QED) is 0.848. The Morgan fingerprint density at radius 3 is 2.44 bits per heavy atom. The van der Waals surface area contributed by atoms with E-state index in [0.717, 1.165) is 29.7 Å². The lowest BCUT2D eigenvalue weighted by atomic mass is 10.1. The van der Waals surface area contributed by atoms with Crippen molar-refractivity contribution in [1.82, 2.24) is 15.1 Å². The average Bonchev–Trinajstić information content (AvgIpc) is 3.11. The Bertz CT molecular complexity index is 791. The van der Waals surface area contributed by atoms with Crippen molar-refractivity contribution in [2.24, 2.45) is 0 Å². The molecule has 1 unspecified atom stereocenters. The first-order valence-corrected chi connectivity index (χ1v) is 9.46. The molecule has 1 atom stereocenters. The minimum Gasteiger partial charge on any atom is -0.338 e. The van der Waals surface area contributed by atoms with Crippen LogP contribution in [0.4, 0.5) is 4.79 Å². The lowest BCUT2D eigenvalue weighted by molar-refractivity contribution is -0.128. The molecular weight excluding hydrogens is 338 g/mol. The molecule has 142 valence electrons. The second kappa shape index (κ2) is 8.71. The number of likely N-dealkylation sites (tertiary alicyclic amines) is 1. The Kier molecular flexibility index (Phi) is 6.12. The molecule has 1 saturated heterocycles. The molecule has 0 aromatic heterocycles. The predicted octanol–water partition coefficient (Wildman–Crippen LogP) is 3.71. The molecule has 2 aromatic carbocycles. The molecule has 3 rings (SSSR count). The Hall–Kier alpha value is -2.82. The second-order valence-electron chi connectivity index (χ2n) is 7.04. The van der Waals surface area contributed by atoms with Gasteiger partial charge in [-0.15, -0.1) is 0 Å². The summed E-state index contributed by atoms with van der Waals surface area (Å²) in [6.07, 6.45) is 1.57. The van der Waals surface area contributed by atoms with E-state index in [1.165, 1.54) is 0 Å². The standard InChI is InChI=1S/C22H27N3O2/c1-17(18-9-4-3-5-10-18)24(2)22(27)23-15-19-11-6-7-12-20(19)16-25-14-8-13-21(25)26/h3-7,9-12,17H,8,13-16H2,1-2H3,(H,23,27). The topological polar surface area (TPSA) is 52.7 Å². The number of hydrogen-bond acceptors (Lipinski definition) is 2. The number of benzene rings is 2. The van der Waals surface area contributed by atoms with Crippen molar-refractivity contribution in [3.63, 3.8) is 0 Å². The van der Waals surface area contributed by atoms with E-state index >= 15 is 0 Å². The van der Waals surface area contributed by atoms with E-state index in [1.807, 2.05) is 73.5 Å². The van der Waals surface area contributed by atoms with Crippen LogP contribution in [0, 0.1) is 0 Å². The number of carbonyl (C=O) groups excluding carboxylic acids is 2. The van der Waals surface area contributed by atoms with E-state index in [4.69, 9.17) is 0 Å². The minimum absolute atomic E-state index is 0.0105. The lowest BCUT2D eigenvalue weighted by Crippen LogP contribution is -2.38. The van der Waals surface area contributed by atoms with Gasteiger partial charge in [0, 0.05) is 33.1 Å². The Balaban J connectivity index is 1.61. The average molecular weight is 365 g/mol. The van der Waals surface area contributed by atoms with Crippen LogP contribution >= 0.6 is 0 Å². The molecule has 1 aliphatic rings. The van der Waals surface area contributed by atoms with E-state index in [0.29, 0.717) is 19.5 Å². The fourth-order valence-electron chi connectivity index (χ4n) is 3.39. The Morgan fingerprint density at radius 1 is 1.11 bits per heavy atom. The first-order valence-electron chi connectivity index (χ1n) is 9.46. The summed E-state index contributed by atoms with van der Waals surface area (Å²) in [6.45, 7) is 3.89. The Labute approximate surface area is 161 Å². The van der Waals surface area contributed by atoms with Gasteiger partial charge in [0.15, 0.2) is 0 Å². The van der Waals surface area contributed by atoms with Gasteiger partial charge in [-0.05, 0) is 30.0 Å². The maximum Gasteiger partial charge on any atom is 0.317 e. The summed E-state index contributed by atoms with van der Waals surface area (Å²) in [5, 5.41) is 3.01. The van der Waals surface area contributed by atoms with Gasteiger partial charge in [-0.25, -0.2) is 4.79 Å². The summed E-state index contributed by atoms with van der Waals surface area (Å²) in [4.78, 5) is 28.1. The summed E-state index contributed by atoms with van der Waals surface area (Å²) in [7, 11) is 1.81. The molecule has 0 radical (unpaired) electrons. The summed E-state index contributed by atoms with van der Waals surface area (Å²) in [6, 6.07) is 17.8. The van der Waals surface area contributed by atoms with Gasteiger partial charge in [0.05, 0.1) is 6.04 Å². The van der Waals surface area contributed by atoms with Crippen LogP contribution in [0.5, 0.6) is 0 Å². The molecule has 27 heavy (non-hydrogen) atoms. The highest BCUT2D eigenvalue weighted by Gasteiger charge is 2.21. The van der Waals surface area contributed by atoms with E-state index in [2.05, 4.69) is 5.32 Å². The fraction of sp³-hybridized carbons (Fsp3) is 0.364. The number of carbonyl (C=O) groups is 2. The first kappa shape index (κ1) is 19.0. The van der Waals surface area contributed by atoms with Gasteiger partial charge < -0.3 is 15.1 Å². The molecule has 0 bridgehead atoms. The number of nitrogens with zero attached hydrogens (tertiary/aromatic N) is 2. The van der Waals surface area contributed by atoms with E-state index in [1.54, 1.807) is 4.90 Å². The second-order valence-corrected chi connectivity index (χ2v) is 7.04. The zero-order valence-corrected chi connectivity index (χ0v) is 16.0. The highest BCUT2D eigenvalue weighted by atomic mass is 16.2. The van der Waals surface area contributed by atoms with Gasteiger partial charge in [-0.2, -0.15) is 0 Å². The molecule has 0 saturated carbocycles. The van der Waals surface area contributed by atoms with Crippen LogP contribution in [0.25, 0.3) is 0 Å². The van der Waals surface area contributed by atoms with E-state index < -0.39 is 0 Å². The lowest BCUT2D eigenvalue weighted by Gasteiger charge is -2.26. The maximum atomic E-state index is 12.6. The zero-order valence-electron chi connectivity index (χ0n) is 16.0. The van der Waals surface area contributed by atoms with Crippen molar-refractivity contribution >= 4 is 11.9 Å². The summed E-state index contributed by atoms with van der Waals surface area (Å²) in [5.41, 5.74) is 3.24. The van der Waals surface area contributed by atoms with E-state index in [-0.39, 0.29) is 18.0 Å². The van der Waals surface area contributed by atoms with E-state index in [9.17, 15) is 9.59 Å².